The number of carbonyl (C=O) groups is 6. The van der Waals surface area contributed by atoms with Crippen LogP contribution in [0.2, 0.25) is 0 Å². The molecule has 0 aromatic carbocycles. The van der Waals surface area contributed by atoms with Gasteiger partial charge in [0.25, 0.3) is 11.6 Å². The van der Waals surface area contributed by atoms with Gasteiger partial charge in [-0.2, -0.15) is 0 Å². The van der Waals surface area contributed by atoms with E-state index in [2.05, 4.69) is 0 Å². The molecule has 1 aliphatic carbocycles. The molecule has 0 bridgehead atoms. The van der Waals surface area contributed by atoms with Crippen LogP contribution in [0.5, 0.6) is 0 Å². The Hall–Kier alpha value is -3.30. The van der Waals surface area contributed by atoms with Gasteiger partial charge in [-0.25, -0.2) is 0 Å². The smallest absolute Gasteiger partial charge is 0.311 e. The van der Waals surface area contributed by atoms with Crippen molar-refractivity contribution in [3.05, 3.63) is 23.0 Å². The van der Waals surface area contributed by atoms with Gasteiger partial charge >= 0.3 is 23.9 Å². The van der Waals surface area contributed by atoms with Crippen molar-refractivity contribution >= 4 is 35.4 Å². The van der Waals surface area contributed by atoms with E-state index in [0.29, 0.717) is 25.7 Å². The molecule has 0 aromatic heterocycles. The first kappa shape index (κ1) is 26.7. The molecule has 0 amide bonds. The molecule has 0 saturated carbocycles. The molecule has 0 atom stereocenters. The number of rotatable bonds is 12. The summed E-state index contributed by atoms with van der Waals surface area (Å²) >= 11 is 0. The molecule has 32 heavy (non-hydrogen) atoms. The Morgan fingerprint density at radius 2 is 0.656 bits per heavy atom. The fraction of sp³-hybridized carbons (Fsp3) is 0.545. The lowest BCUT2D eigenvalue weighted by Crippen LogP contribution is -2.32. The Bertz CT molecular complexity index is 713. The lowest BCUT2D eigenvalue weighted by Gasteiger charge is -2.21. The third-order valence-electron chi connectivity index (χ3n) is 3.92. The molecular formula is C22H28O10. The van der Waals surface area contributed by atoms with Crippen LogP contribution in [-0.4, -0.2) is 35.4 Å². The molecule has 176 valence electrons. The molecule has 0 saturated heterocycles. The van der Waals surface area contributed by atoms with Crippen molar-refractivity contribution < 1.29 is 47.7 Å². The zero-order valence-corrected chi connectivity index (χ0v) is 18.7. The highest BCUT2D eigenvalue weighted by molar-refractivity contribution is 6.23. The van der Waals surface area contributed by atoms with Crippen LogP contribution in [0, 0.1) is 0 Å². The van der Waals surface area contributed by atoms with E-state index in [1.807, 2.05) is 0 Å². The minimum atomic E-state index is -1.22. The first-order valence-corrected chi connectivity index (χ1v) is 10.6. The second-order valence-electron chi connectivity index (χ2n) is 6.87. The van der Waals surface area contributed by atoms with Crippen LogP contribution >= 0.6 is 0 Å². The molecule has 1 rings (SSSR count). The molecule has 0 aromatic rings. The average Bonchev–Trinajstić information content (AvgIpc) is 2.72. The summed E-state index contributed by atoms with van der Waals surface area (Å²) < 4.78 is 20.0. The molecule has 0 radical (unpaired) electrons. The van der Waals surface area contributed by atoms with Crippen LogP contribution in [0.4, 0.5) is 0 Å². The third kappa shape index (κ3) is 7.44. The van der Waals surface area contributed by atoms with Crippen molar-refractivity contribution in [1.82, 2.24) is 0 Å². The Kier molecular flexibility index (Phi) is 11.0. The van der Waals surface area contributed by atoms with Gasteiger partial charge in [0.15, 0.2) is 0 Å². The molecule has 0 fully saturated rings. The zero-order valence-electron chi connectivity index (χ0n) is 18.7. The summed E-state index contributed by atoms with van der Waals surface area (Å²) in [7, 11) is 0. The average molecular weight is 452 g/mol. The number of ketones is 2. The van der Waals surface area contributed by atoms with Crippen LogP contribution in [0.1, 0.15) is 79.1 Å². The third-order valence-corrected chi connectivity index (χ3v) is 3.92. The predicted molar refractivity (Wildman–Crippen MR) is 108 cm³/mol. The quantitative estimate of drug-likeness (QED) is 0.247. The highest BCUT2D eigenvalue weighted by Gasteiger charge is 2.44. The molecule has 0 spiro atoms. The second kappa shape index (κ2) is 13.2. The second-order valence-corrected chi connectivity index (χ2v) is 6.87. The van der Waals surface area contributed by atoms with Crippen molar-refractivity contribution in [3.63, 3.8) is 0 Å². The highest BCUT2D eigenvalue weighted by atomic mass is 16.6. The van der Waals surface area contributed by atoms with Gasteiger partial charge in [-0.3, -0.25) is 28.8 Å². The Labute approximate surface area is 185 Å². The molecule has 0 aliphatic heterocycles. The lowest BCUT2D eigenvalue weighted by molar-refractivity contribution is -0.152. The minimum Gasteiger partial charge on any atom is -0.418 e. The lowest BCUT2D eigenvalue weighted by atomic mass is 10.0. The summed E-state index contributed by atoms with van der Waals surface area (Å²) in [6.45, 7) is 6.76. The molecule has 0 heterocycles. The highest BCUT2D eigenvalue weighted by Crippen LogP contribution is 2.30. The van der Waals surface area contributed by atoms with Crippen molar-refractivity contribution in [2.75, 3.05) is 0 Å². The monoisotopic (exact) mass is 452 g/mol. The Balaban J connectivity index is 3.53. The molecule has 0 unspecified atom stereocenters. The molecule has 10 heteroatoms. The maximum absolute atomic E-state index is 13.0. The fourth-order valence-electron chi connectivity index (χ4n) is 2.47. The maximum Gasteiger partial charge on any atom is 0.311 e. The fourth-order valence-corrected chi connectivity index (χ4v) is 2.47. The van der Waals surface area contributed by atoms with E-state index in [1.54, 1.807) is 27.7 Å². The summed E-state index contributed by atoms with van der Waals surface area (Å²) in [4.78, 5) is 74.2. The summed E-state index contributed by atoms with van der Waals surface area (Å²) in [5, 5.41) is 0. The summed E-state index contributed by atoms with van der Waals surface area (Å²) in [5.74, 6) is -9.48. The Morgan fingerprint density at radius 3 is 0.812 bits per heavy atom. The van der Waals surface area contributed by atoms with Crippen LogP contribution in [0.15, 0.2) is 23.0 Å². The van der Waals surface area contributed by atoms with Crippen LogP contribution in [0.3, 0.4) is 0 Å². The number of hydrogen-bond acceptors (Lipinski definition) is 10. The maximum atomic E-state index is 13.0. The number of Topliss-reactive ketones (excluding diaryl/α,β-unsaturated/α-hetero) is 2. The molecular weight excluding hydrogens is 424 g/mol. The number of esters is 4. The van der Waals surface area contributed by atoms with Gasteiger partial charge in [0.2, 0.25) is 23.0 Å². The van der Waals surface area contributed by atoms with E-state index >= 15 is 0 Å². The molecule has 0 N–H and O–H groups in total. The predicted octanol–water partition coefficient (Wildman–Crippen LogP) is 2.93. The van der Waals surface area contributed by atoms with Gasteiger partial charge in [0.05, 0.1) is 0 Å². The number of hydrogen-bond donors (Lipinski definition) is 0. The van der Waals surface area contributed by atoms with E-state index < -0.39 is 58.5 Å². The summed E-state index contributed by atoms with van der Waals surface area (Å²) in [6.07, 6.45) is 1.17. The van der Waals surface area contributed by atoms with Crippen molar-refractivity contribution in [3.8, 4) is 0 Å². The van der Waals surface area contributed by atoms with Gasteiger partial charge in [0.1, 0.15) is 0 Å². The van der Waals surface area contributed by atoms with Gasteiger partial charge in [0, 0.05) is 25.7 Å². The Morgan fingerprint density at radius 1 is 0.469 bits per heavy atom. The SMILES string of the molecule is CCCC(=O)OC1=C(OC(=O)CCC)C(=O)C(OC(=O)CCC)=C(OC(=O)CCC)C1=O. The number of carbonyl (C=O) groups excluding carboxylic acids is 6. The van der Waals surface area contributed by atoms with E-state index in [0.717, 1.165) is 0 Å². The van der Waals surface area contributed by atoms with Crippen LogP contribution < -0.4 is 0 Å². The largest absolute Gasteiger partial charge is 0.418 e. The molecule has 10 nitrogen and oxygen atoms in total. The summed E-state index contributed by atoms with van der Waals surface area (Å²) in [6, 6.07) is 0. The van der Waals surface area contributed by atoms with E-state index in [-0.39, 0.29) is 25.7 Å². The number of ether oxygens (including phenoxy) is 4. The standard InChI is InChI=1S/C22H28O10/c1-5-9-13(23)29-19-17(27)21(31-15(25)11-7-3)22(32-16(26)12-8-4)18(28)20(19)30-14(24)10-6-2/h5-12H2,1-4H3. The first-order valence-electron chi connectivity index (χ1n) is 10.6. The van der Waals surface area contributed by atoms with Gasteiger partial charge in [-0.05, 0) is 25.7 Å². The zero-order chi connectivity index (χ0) is 24.3. The van der Waals surface area contributed by atoms with E-state index in [1.165, 1.54) is 0 Å². The topological polar surface area (TPSA) is 139 Å². The van der Waals surface area contributed by atoms with E-state index in [9.17, 15) is 28.8 Å². The van der Waals surface area contributed by atoms with Crippen molar-refractivity contribution in [2.45, 2.75) is 79.1 Å². The van der Waals surface area contributed by atoms with Crippen molar-refractivity contribution in [2.24, 2.45) is 0 Å². The van der Waals surface area contributed by atoms with Gasteiger partial charge < -0.3 is 18.9 Å². The first-order chi connectivity index (χ1) is 15.2. The van der Waals surface area contributed by atoms with E-state index in [4.69, 9.17) is 18.9 Å². The van der Waals surface area contributed by atoms with Gasteiger partial charge in [-0.15, -0.1) is 0 Å². The summed E-state index contributed by atoms with van der Waals surface area (Å²) in [5.41, 5.74) is 0. The van der Waals surface area contributed by atoms with Gasteiger partial charge in [-0.1, -0.05) is 27.7 Å². The van der Waals surface area contributed by atoms with Crippen molar-refractivity contribution in [1.29, 1.82) is 0 Å². The minimum absolute atomic E-state index is 0.0891. The van der Waals surface area contributed by atoms with Crippen LogP contribution in [0.25, 0.3) is 0 Å². The van der Waals surface area contributed by atoms with Crippen LogP contribution in [-0.2, 0) is 47.7 Å². The molecule has 1 aliphatic rings. The normalized spacial score (nSPS) is 13.8.